The van der Waals surface area contributed by atoms with Gasteiger partial charge in [-0.3, -0.25) is 0 Å². The van der Waals surface area contributed by atoms with E-state index in [9.17, 15) is 0 Å². The zero-order valence-electron chi connectivity index (χ0n) is 43.5. The van der Waals surface area contributed by atoms with Gasteiger partial charge in [0.15, 0.2) is 0 Å². The van der Waals surface area contributed by atoms with Gasteiger partial charge in [0.05, 0.1) is 5.69 Å². The first-order chi connectivity index (χ1) is 33.7. The van der Waals surface area contributed by atoms with E-state index in [4.69, 9.17) is 4.42 Å². The van der Waals surface area contributed by atoms with Crippen LogP contribution in [0.25, 0.3) is 63.3 Å². The largest absolute Gasteiger partial charge is 0.455 e. The Kier molecular flexibility index (Phi) is 8.81. The highest BCUT2D eigenvalue weighted by Gasteiger charge is 2.50. The molecule has 6 heteroatoms. The average molecular weight is 963 g/mol. The molecule has 7 aromatic carbocycles. The van der Waals surface area contributed by atoms with Crippen molar-refractivity contribution in [3.8, 4) is 11.1 Å². The zero-order valence-corrected chi connectivity index (χ0v) is 45.1. The van der Waals surface area contributed by atoms with Crippen molar-refractivity contribution in [2.24, 2.45) is 0 Å². The molecular weight excluding hydrogens is 900 g/mol. The van der Waals surface area contributed by atoms with Gasteiger partial charge in [-0.1, -0.05) is 131 Å². The lowest BCUT2D eigenvalue weighted by Gasteiger charge is -2.46. The number of thiophene rings is 2. The maximum Gasteiger partial charge on any atom is 0.343 e. The van der Waals surface area contributed by atoms with Gasteiger partial charge in [0.2, 0.25) is 0 Å². The van der Waals surface area contributed by atoms with E-state index in [2.05, 4.69) is 208 Å². The van der Waals surface area contributed by atoms with Gasteiger partial charge in [0.1, 0.15) is 11.2 Å². The first kappa shape index (κ1) is 43.9. The molecule has 5 heterocycles. The molecule has 3 aromatic heterocycles. The van der Waals surface area contributed by atoms with Gasteiger partial charge in [-0.05, 0) is 159 Å². The molecule has 0 unspecified atom stereocenters. The van der Waals surface area contributed by atoms with Crippen LogP contribution in [0.1, 0.15) is 135 Å². The van der Waals surface area contributed by atoms with Crippen LogP contribution in [-0.2, 0) is 27.1 Å². The molecule has 2 aliphatic carbocycles. The Morgan fingerprint density at radius 1 is 0.535 bits per heavy atom. The van der Waals surface area contributed by atoms with Crippen molar-refractivity contribution in [2.75, 3.05) is 9.71 Å². The summed E-state index contributed by atoms with van der Waals surface area (Å²) in [7, 11) is 0. The number of hydrogen-bond acceptors (Lipinski definition) is 5. The van der Waals surface area contributed by atoms with Crippen molar-refractivity contribution in [1.29, 1.82) is 0 Å². The van der Waals surface area contributed by atoms with Gasteiger partial charge in [-0.2, -0.15) is 0 Å². The van der Waals surface area contributed by atoms with E-state index in [1.165, 1.54) is 138 Å². The highest BCUT2D eigenvalue weighted by Crippen LogP contribution is 2.58. The van der Waals surface area contributed by atoms with Gasteiger partial charge in [-0.25, -0.2) is 0 Å². The van der Waals surface area contributed by atoms with E-state index >= 15 is 0 Å². The molecule has 0 saturated carbocycles. The van der Waals surface area contributed by atoms with Crippen molar-refractivity contribution >= 4 is 120 Å². The number of nitrogens with zero attached hydrogens (tertiary/aromatic N) is 2. The quantitative estimate of drug-likeness (QED) is 0.161. The van der Waals surface area contributed by atoms with E-state index in [-0.39, 0.29) is 33.9 Å². The summed E-state index contributed by atoms with van der Waals surface area (Å²) in [5.74, 6) is 0. The number of anilines is 5. The number of fused-ring (bicyclic) bond motifs is 15. The summed E-state index contributed by atoms with van der Waals surface area (Å²) >= 11 is 3.94. The molecule has 0 bridgehead atoms. The molecule has 0 radical (unpaired) electrons. The first-order valence-electron chi connectivity index (χ1n) is 26.1. The SMILES string of the molecule is Cc1cc2c(cc1N1c3cc4c(oc5ccccc54)c4c3B(c3sc5cc6c(cc5c31)C(C)(C)CCC6(C)C)N(c1ccc(C(C)(C)C)cc1)c1cc3sc5ccccc5c3cc1-4)C(C)(C)CCC2(C)C. The molecule has 0 spiro atoms. The van der Waals surface area contributed by atoms with Crippen LogP contribution in [-0.4, -0.2) is 6.85 Å². The normalized spacial score (nSPS) is 18.3. The number of aryl methyl sites for hydroxylation is 1. The van der Waals surface area contributed by atoms with Crippen LogP contribution in [0.3, 0.4) is 0 Å². The van der Waals surface area contributed by atoms with Gasteiger partial charge in [0.25, 0.3) is 0 Å². The molecule has 0 atom stereocenters. The lowest BCUT2D eigenvalue weighted by molar-refractivity contribution is 0.332. The predicted octanol–water partition coefficient (Wildman–Crippen LogP) is 18.2. The fourth-order valence-electron chi connectivity index (χ4n) is 13.6. The van der Waals surface area contributed by atoms with Gasteiger partial charge >= 0.3 is 6.85 Å². The molecule has 14 rings (SSSR count). The second-order valence-corrected chi connectivity index (χ2v) is 27.6. The summed E-state index contributed by atoms with van der Waals surface area (Å²) in [4.78, 5) is 5.49. The number of furan rings is 1. The van der Waals surface area contributed by atoms with Crippen LogP contribution >= 0.6 is 22.7 Å². The van der Waals surface area contributed by atoms with Crippen LogP contribution < -0.4 is 20.0 Å². The smallest absolute Gasteiger partial charge is 0.343 e. The highest BCUT2D eigenvalue weighted by molar-refractivity contribution is 7.32. The zero-order chi connectivity index (χ0) is 49.1. The molecule has 0 N–H and O–H groups in total. The minimum absolute atomic E-state index is 0.0232. The molecule has 3 nitrogen and oxygen atoms in total. The van der Waals surface area contributed by atoms with E-state index < -0.39 is 0 Å². The summed E-state index contributed by atoms with van der Waals surface area (Å²) in [6.07, 6.45) is 4.70. The first-order valence-corrected chi connectivity index (χ1v) is 27.7. The van der Waals surface area contributed by atoms with Crippen molar-refractivity contribution in [3.05, 3.63) is 149 Å². The standard InChI is InChI=1S/C65H63BN2OS2/c1-36-29-45-47(64(9,10)27-25-62(45,5)6)33-49(36)67-51-32-42-39-17-13-15-19-52(39)69-59(42)56-43-30-41-40-18-14-16-20-53(40)70-55(41)35-50(43)68(38-23-21-37(22-24-38)61(2,3)4)66(57(51)56)60-58(67)44-31-46-48(34-54(44)71-60)65(11,12)28-26-63(46,7)8/h13-24,29-35H,25-28H2,1-12H3. The second kappa shape index (κ2) is 14.2. The molecule has 10 aromatic rings. The van der Waals surface area contributed by atoms with E-state index in [0.29, 0.717) is 0 Å². The molecular formula is C65H63BN2OS2. The van der Waals surface area contributed by atoms with E-state index in [0.717, 1.165) is 23.0 Å². The summed E-state index contributed by atoms with van der Waals surface area (Å²) in [5, 5.41) is 6.30. The second-order valence-electron chi connectivity index (χ2n) is 25.5. The van der Waals surface area contributed by atoms with E-state index in [1.807, 2.05) is 22.7 Å². The van der Waals surface area contributed by atoms with Gasteiger partial charge < -0.3 is 14.1 Å². The third-order valence-corrected chi connectivity index (χ3v) is 20.4. The van der Waals surface area contributed by atoms with Crippen molar-refractivity contribution in [1.82, 2.24) is 0 Å². The molecule has 4 aliphatic rings. The molecule has 354 valence electrons. The number of hydrogen-bond donors (Lipinski definition) is 0. The van der Waals surface area contributed by atoms with Gasteiger partial charge in [-0.15, -0.1) is 22.7 Å². The molecule has 0 fully saturated rings. The highest BCUT2D eigenvalue weighted by atomic mass is 32.1. The topological polar surface area (TPSA) is 19.6 Å². The third-order valence-electron chi connectivity index (χ3n) is 18.0. The minimum Gasteiger partial charge on any atom is -0.455 e. The lowest BCUT2D eigenvalue weighted by atomic mass is 9.46. The average Bonchev–Trinajstić information content (AvgIpc) is 4.02. The van der Waals surface area contributed by atoms with Crippen molar-refractivity contribution in [2.45, 2.75) is 136 Å². The fraction of sp³-hybridized carbons (Fsp3) is 0.323. The van der Waals surface area contributed by atoms with Crippen molar-refractivity contribution in [3.63, 3.8) is 0 Å². The summed E-state index contributed by atoms with van der Waals surface area (Å²) in [6.45, 7) is 29.0. The molecule has 0 amide bonds. The van der Waals surface area contributed by atoms with Crippen LogP contribution in [0, 0.1) is 6.92 Å². The molecule has 71 heavy (non-hydrogen) atoms. The van der Waals surface area contributed by atoms with Crippen LogP contribution in [0.15, 0.2) is 120 Å². The van der Waals surface area contributed by atoms with Crippen molar-refractivity contribution < 1.29 is 4.42 Å². The maximum atomic E-state index is 7.27. The maximum absolute atomic E-state index is 7.27. The predicted molar refractivity (Wildman–Crippen MR) is 310 cm³/mol. The molecule has 0 saturated heterocycles. The lowest BCUT2D eigenvalue weighted by Crippen LogP contribution is -2.60. The monoisotopic (exact) mass is 962 g/mol. The summed E-state index contributed by atoms with van der Waals surface area (Å²) in [6, 6.07) is 45.3. The Bertz CT molecular complexity index is 3960. The number of rotatable bonds is 2. The Morgan fingerprint density at radius 3 is 1.83 bits per heavy atom. The van der Waals surface area contributed by atoms with Crippen LogP contribution in [0.2, 0.25) is 0 Å². The van der Waals surface area contributed by atoms with Crippen LogP contribution in [0.4, 0.5) is 28.4 Å². The number of para-hydroxylation sites is 1. The Labute approximate surface area is 427 Å². The minimum atomic E-state index is -0.132. The summed E-state index contributed by atoms with van der Waals surface area (Å²) < 4.78 is 12.7. The van der Waals surface area contributed by atoms with Gasteiger partial charge in [0, 0.05) is 79.7 Å². The fourth-order valence-corrected chi connectivity index (χ4v) is 16.0. The Morgan fingerprint density at radius 2 is 1.14 bits per heavy atom. The Balaban J connectivity index is 1.18. The number of benzene rings is 7. The van der Waals surface area contributed by atoms with E-state index in [1.54, 1.807) is 0 Å². The molecule has 2 aliphatic heterocycles. The van der Waals surface area contributed by atoms with Crippen LogP contribution in [0.5, 0.6) is 0 Å². The Hall–Kier alpha value is -5.82. The third kappa shape index (κ3) is 6.07. The summed E-state index contributed by atoms with van der Waals surface area (Å²) in [5.41, 5.74) is 20.9.